The van der Waals surface area contributed by atoms with Crippen LogP contribution in [0.3, 0.4) is 0 Å². The van der Waals surface area contributed by atoms with Crippen LogP contribution in [0.1, 0.15) is 31.2 Å². The summed E-state index contributed by atoms with van der Waals surface area (Å²) in [6, 6.07) is 7.49. The van der Waals surface area contributed by atoms with Gasteiger partial charge in [-0.1, -0.05) is 29.8 Å². The fourth-order valence-corrected chi connectivity index (χ4v) is 4.08. The monoisotopic (exact) mass is 391 g/mol. The zero-order valence-electron chi connectivity index (χ0n) is 15.4. The molecule has 0 radical (unpaired) electrons. The van der Waals surface area contributed by atoms with Gasteiger partial charge in [0.15, 0.2) is 0 Å². The molecule has 2 fully saturated rings. The van der Waals surface area contributed by atoms with Gasteiger partial charge >= 0.3 is 0 Å². The first-order valence-corrected chi connectivity index (χ1v) is 9.95. The fraction of sp³-hybridized carbons (Fsp3) is 0.550. The van der Waals surface area contributed by atoms with Gasteiger partial charge in [-0.15, -0.1) is 0 Å². The number of amides is 3. The van der Waals surface area contributed by atoms with Crippen LogP contribution < -0.4 is 5.32 Å². The number of nitrogens with zero attached hydrogens (tertiary/aromatic N) is 2. The van der Waals surface area contributed by atoms with Crippen molar-refractivity contribution in [3.8, 4) is 0 Å². The van der Waals surface area contributed by atoms with Crippen molar-refractivity contribution in [2.45, 2.75) is 32.2 Å². The van der Waals surface area contributed by atoms with E-state index in [4.69, 9.17) is 11.6 Å². The number of piperazine rings is 1. The third kappa shape index (κ3) is 5.01. The maximum absolute atomic E-state index is 12.7. The van der Waals surface area contributed by atoms with Gasteiger partial charge in [0, 0.05) is 49.6 Å². The molecule has 0 bridgehead atoms. The summed E-state index contributed by atoms with van der Waals surface area (Å²) in [5.74, 6) is 0.180. The Balaban J connectivity index is 1.43. The average molecular weight is 392 g/mol. The van der Waals surface area contributed by atoms with Gasteiger partial charge in [-0.2, -0.15) is 0 Å². The van der Waals surface area contributed by atoms with Crippen LogP contribution in [0.4, 0.5) is 0 Å². The highest BCUT2D eigenvalue weighted by Crippen LogP contribution is 2.30. The second-order valence-corrected chi connectivity index (χ2v) is 7.73. The molecular weight excluding hydrogens is 366 g/mol. The molecule has 0 spiro atoms. The van der Waals surface area contributed by atoms with E-state index in [0.29, 0.717) is 37.7 Å². The zero-order valence-corrected chi connectivity index (χ0v) is 16.2. The van der Waals surface area contributed by atoms with E-state index in [9.17, 15) is 14.4 Å². The fourth-order valence-electron chi connectivity index (χ4n) is 3.88. The minimum absolute atomic E-state index is 0.000369. The van der Waals surface area contributed by atoms with Gasteiger partial charge in [-0.3, -0.25) is 14.4 Å². The predicted octanol–water partition coefficient (Wildman–Crippen LogP) is 2.06. The summed E-state index contributed by atoms with van der Waals surface area (Å²) in [6.45, 7) is 2.86. The SMILES string of the molecule is O=CN1CCN(C(=O)C2CCC(C(=O)NCc3ccccc3Cl)CC2)CC1. The third-order valence-electron chi connectivity index (χ3n) is 5.63. The first-order chi connectivity index (χ1) is 13.1. The van der Waals surface area contributed by atoms with Gasteiger partial charge in [-0.25, -0.2) is 0 Å². The molecular formula is C20H26ClN3O3. The van der Waals surface area contributed by atoms with E-state index < -0.39 is 0 Å². The van der Waals surface area contributed by atoms with Crippen molar-refractivity contribution in [3.05, 3.63) is 34.9 Å². The number of carbonyl (C=O) groups excluding carboxylic acids is 3. The van der Waals surface area contributed by atoms with E-state index in [-0.39, 0.29) is 23.7 Å². The Hall–Kier alpha value is -2.08. The molecule has 1 aliphatic carbocycles. The Morgan fingerprint density at radius 1 is 1.04 bits per heavy atom. The van der Waals surface area contributed by atoms with E-state index >= 15 is 0 Å². The smallest absolute Gasteiger partial charge is 0.225 e. The Morgan fingerprint density at radius 2 is 1.67 bits per heavy atom. The van der Waals surface area contributed by atoms with Crippen LogP contribution in [0.5, 0.6) is 0 Å². The lowest BCUT2D eigenvalue weighted by atomic mass is 9.80. The minimum atomic E-state index is -0.0385. The van der Waals surface area contributed by atoms with Crippen molar-refractivity contribution < 1.29 is 14.4 Å². The molecule has 1 aromatic carbocycles. The molecule has 1 aromatic rings. The largest absolute Gasteiger partial charge is 0.352 e. The maximum Gasteiger partial charge on any atom is 0.225 e. The summed E-state index contributed by atoms with van der Waals surface area (Å²) in [5, 5.41) is 3.63. The van der Waals surface area contributed by atoms with Crippen LogP contribution in [0, 0.1) is 11.8 Å². The maximum atomic E-state index is 12.7. The van der Waals surface area contributed by atoms with Crippen LogP contribution in [-0.2, 0) is 20.9 Å². The van der Waals surface area contributed by atoms with Crippen LogP contribution >= 0.6 is 11.6 Å². The second kappa shape index (κ2) is 9.22. The molecule has 3 rings (SSSR count). The summed E-state index contributed by atoms with van der Waals surface area (Å²) in [6.07, 6.45) is 3.81. The third-order valence-corrected chi connectivity index (χ3v) is 6.00. The van der Waals surface area contributed by atoms with E-state index in [1.807, 2.05) is 29.2 Å². The Labute approximate surface area is 164 Å². The highest BCUT2D eigenvalue weighted by molar-refractivity contribution is 6.31. The minimum Gasteiger partial charge on any atom is -0.352 e. The van der Waals surface area contributed by atoms with Gasteiger partial charge in [-0.05, 0) is 37.3 Å². The molecule has 7 heteroatoms. The summed E-state index contributed by atoms with van der Waals surface area (Å²) < 4.78 is 0. The standard InChI is InChI=1S/C20H26ClN3O3/c21-18-4-2-1-3-17(18)13-22-19(26)15-5-7-16(8-6-15)20(27)24-11-9-23(14-25)10-12-24/h1-4,14-16H,5-13H2,(H,22,26). The van der Waals surface area contributed by atoms with Crippen LogP contribution in [0.25, 0.3) is 0 Å². The predicted molar refractivity (Wildman–Crippen MR) is 103 cm³/mol. The quantitative estimate of drug-likeness (QED) is 0.781. The average Bonchev–Trinajstić information content (AvgIpc) is 2.72. The number of hydrogen-bond donors (Lipinski definition) is 1. The molecule has 0 unspecified atom stereocenters. The first-order valence-electron chi connectivity index (χ1n) is 9.57. The molecule has 1 saturated heterocycles. The lowest BCUT2D eigenvalue weighted by Crippen LogP contribution is -2.50. The van der Waals surface area contributed by atoms with E-state index in [1.54, 1.807) is 4.90 Å². The van der Waals surface area contributed by atoms with Crippen molar-refractivity contribution in [2.24, 2.45) is 11.8 Å². The summed E-state index contributed by atoms with van der Waals surface area (Å²) in [4.78, 5) is 39.5. The Kier molecular flexibility index (Phi) is 6.72. The molecule has 3 amide bonds. The molecule has 2 aliphatic rings. The van der Waals surface area contributed by atoms with Gasteiger partial charge < -0.3 is 15.1 Å². The molecule has 27 heavy (non-hydrogen) atoms. The topological polar surface area (TPSA) is 69.7 Å². The van der Waals surface area contributed by atoms with Crippen LogP contribution in [0.15, 0.2) is 24.3 Å². The van der Waals surface area contributed by atoms with Crippen molar-refractivity contribution in [1.82, 2.24) is 15.1 Å². The van der Waals surface area contributed by atoms with Gasteiger partial charge in [0.25, 0.3) is 0 Å². The number of nitrogens with one attached hydrogen (secondary N) is 1. The normalized spacial score (nSPS) is 23.0. The molecule has 1 saturated carbocycles. The number of carbonyl (C=O) groups is 3. The molecule has 0 aromatic heterocycles. The van der Waals surface area contributed by atoms with Crippen LogP contribution in [-0.4, -0.2) is 54.2 Å². The number of halogens is 1. The Bertz CT molecular complexity index is 681. The summed E-state index contributed by atoms with van der Waals surface area (Å²) in [7, 11) is 0. The van der Waals surface area contributed by atoms with Crippen LogP contribution in [0.2, 0.25) is 5.02 Å². The lowest BCUT2D eigenvalue weighted by molar-refractivity contribution is -0.141. The van der Waals surface area contributed by atoms with Gasteiger partial charge in [0.1, 0.15) is 0 Å². The van der Waals surface area contributed by atoms with E-state index in [0.717, 1.165) is 37.7 Å². The van der Waals surface area contributed by atoms with Gasteiger partial charge in [0.2, 0.25) is 18.2 Å². The van der Waals surface area contributed by atoms with E-state index in [1.165, 1.54) is 0 Å². The summed E-state index contributed by atoms with van der Waals surface area (Å²) >= 11 is 6.12. The molecule has 1 aliphatic heterocycles. The number of benzene rings is 1. The number of rotatable bonds is 5. The zero-order chi connectivity index (χ0) is 19.2. The highest BCUT2D eigenvalue weighted by atomic mass is 35.5. The van der Waals surface area contributed by atoms with Gasteiger partial charge in [0.05, 0.1) is 0 Å². The van der Waals surface area contributed by atoms with Crippen molar-refractivity contribution >= 4 is 29.8 Å². The lowest BCUT2D eigenvalue weighted by Gasteiger charge is -2.36. The van der Waals surface area contributed by atoms with Crippen molar-refractivity contribution in [3.63, 3.8) is 0 Å². The van der Waals surface area contributed by atoms with Crippen molar-refractivity contribution in [1.29, 1.82) is 0 Å². The molecule has 6 nitrogen and oxygen atoms in total. The molecule has 1 heterocycles. The summed E-state index contributed by atoms with van der Waals surface area (Å²) in [5.41, 5.74) is 0.908. The first kappa shape index (κ1) is 19.7. The van der Waals surface area contributed by atoms with E-state index in [2.05, 4.69) is 5.32 Å². The van der Waals surface area contributed by atoms with Crippen molar-refractivity contribution in [2.75, 3.05) is 26.2 Å². The second-order valence-electron chi connectivity index (χ2n) is 7.32. The number of hydrogen-bond acceptors (Lipinski definition) is 3. The molecule has 146 valence electrons. The molecule has 1 N–H and O–H groups in total. The molecule has 0 atom stereocenters. The highest BCUT2D eigenvalue weighted by Gasteiger charge is 2.33. The Morgan fingerprint density at radius 3 is 2.30 bits per heavy atom.